The Morgan fingerprint density at radius 1 is 1.15 bits per heavy atom. The molecule has 0 atom stereocenters. The fourth-order valence-electron chi connectivity index (χ4n) is 2.82. The number of nitrogens with zero attached hydrogens (tertiary/aromatic N) is 1. The normalized spacial score (nSPS) is 17.1. The molecule has 1 aromatic carbocycles. The zero-order chi connectivity index (χ0) is 14.4. The largest absolute Gasteiger partial charge is 0.493 e. The van der Waals surface area contributed by atoms with Crippen LogP contribution >= 0.6 is 0 Å². The molecule has 1 aromatic rings. The van der Waals surface area contributed by atoms with Crippen molar-refractivity contribution in [1.82, 2.24) is 4.90 Å². The van der Waals surface area contributed by atoms with Crippen molar-refractivity contribution in [1.29, 1.82) is 0 Å². The highest BCUT2D eigenvalue weighted by molar-refractivity contribution is 5.42. The van der Waals surface area contributed by atoms with Gasteiger partial charge in [-0.3, -0.25) is 0 Å². The monoisotopic (exact) mass is 276 g/mol. The van der Waals surface area contributed by atoms with E-state index >= 15 is 0 Å². The molecule has 3 nitrogen and oxygen atoms in total. The predicted octanol–water partition coefficient (Wildman–Crippen LogP) is 3.18. The summed E-state index contributed by atoms with van der Waals surface area (Å²) < 4.78 is 10.6. The van der Waals surface area contributed by atoms with Gasteiger partial charge in [0, 0.05) is 6.54 Å². The Morgan fingerprint density at radius 3 is 2.45 bits per heavy atom. The number of piperidine rings is 1. The van der Waals surface area contributed by atoms with Crippen molar-refractivity contribution >= 4 is 0 Å². The van der Waals surface area contributed by atoms with Crippen LogP contribution in [-0.2, 0) is 6.42 Å². The van der Waals surface area contributed by atoms with Gasteiger partial charge in [-0.25, -0.2) is 0 Å². The maximum Gasteiger partial charge on any atom is 0.160 e. The first-order chi connectivity index (χ1) is 9.76. The zero-order valence-corrected chi connectivity index (χ0v) is 12.7. The van der Waals surface area contributed by atoms with Crippen LogP contribution in [0.15, 0.2) is 18.2 Å². The number of benzene rings is 1. The molecule has 0 spiro atoms. The minimum atomic E-state index is 0.799. The first-order valence-electron chi connectivity index (χ1n) is 7.49. The van der Waals surface area contributed by atoms with Crippen LogP contribution in [0.2, 0.25) is 0 Å². The van der Waals surface area contributed by atoms with Gasteiger partial charge in [-0.1, -0.05) is 19.4 Å². The average Bonchev–Trinajstić information content (AvgIpc) is 2.53. The van der Waals surface area contributed by atoms with E-state index in [0.717, 1.165) is 36.8 Å². The van der Waals surface area contributed by atoms with Gasteiger partial charge in [0.15, 0.2) is 11.5 Å². The van der Waals surface area contributed by atoms with Crippen LogP contribution in [0, 0.1) is 12.8 Å². The summed E-state index contributed by atoms with van der Waals surface area (Å²) in [7, 11) is 3.36. The van der Waals surface area contributed by atoms with E-state index in [2.05, 4.69) is 24.0 Å². The Bertz CT molecular complexity index is 411. The Morgan fingerprint density at radius 2 is 1.85 bits per heavy atom. The van der Waals surface area contributed by atoms with Crippen molar-refractivity contribution in [3.63, 3.8) is 0 Å². The maximum atomic E-state index is 5.35. The molecule has 0 aromatic heterocycles. The van der Waals surface area contributed by atoms with Crippen LogP contribution in [-0.4, -0.2) is 38.8 Å². The van der Waals surface area contributed by atoms with Gasteiger partial charge in [-0.05, 0) is 56.0 Å². The van der Waals surface area contributed by atoms with E-state index in [-0.39, 0.29) is 0 Å². The SMILES string of the molecule is [CH2]CC1CCN(CCc2ccc(OC)c(OC)c2)CC1. The topological polar surface area (TPSA) is 21.7 Å². The van der Waals surface area contributed by atoms with Gasteiger partial charge in [-0.2, -0.15) is 0 Å². The number of likely N-dealkylation sites (tertiary alicyclic amines) is 1. The van der Waals surface area contributed by atoms with Crippen molar-refractivity contribution in [2.24, 2.45) is 5.92 Å². The van der Waals surface area contributed by atoms with Crippen molar-refractivity contribution in [3.05, 3.63) is 30.7 Å². The summed E-state index contributed by atoms with van der Waals surface area (Å²) in [6.07, 6.45) is 4.75. The van der Waals surface area contributed by atoms with E-state index in [4.69, 9.17) is 9.47 Å². The molecule has 1 aliphatic heterocycles. The summed E-state index contributed by atoms with van der Waals surface area (Å²) >= 11 is 0. The Hall–Kier alpha value is -1.22. The smallest absolute Gasteiger partial charge is 0.160 e. The van der Waals surface area contributed by atoms with Gasteiger partial charge in [-0.15, -0.1) is 0 Å². The first-order valence-corrected chi connectivity index (χ1v) is 7.49. The summed E-state index contributed by atoms with van der Waals surface area (Å²) in [4.78, 5) is 2.56. The minimum absolute atomic E-state index is 0.799. The molecular weight excluding hydrogens is 250 g/mol. The van der Waals surface area contributed by atoms with Gasteiger partial charge in [0.2, 0.25) is 0 Å². The average molecular weight is 276 g/mol. The number of hydrogen-bond acceptors (Lipinski definition) is 3. The first kappa shape index (κ1) is 15.2. The molecule has 0 amide bonds. The number of methoxy groups -OCH3 is 2. The maximum absolute atomic E-state index is 5.35. The molecule has 0 bridgehead atoms. The summed E-state index contributed by atoms with van der Waals surface area (Å²) in [6, 6.07) is 6.20. The molecule has 1 fully saturated rings. The van der Waals surface area contributed by atoms with Crippen LogP contribution in [0.1, 0.15) is 24.8 Å². The third-order valence-corrected chi connectivity index (χ3v) is 4.28. The van der Waals surface area contributed by atoms with E-state index in [1.807, 2.05) is 6.07 Å². The van der Waals surface area contributed by atoms with E-state index < -0.39 is 0 Å². The highest BCUT2D eigenvalue weighted by Crippen LogP contribution is 2.28. The molecular formula is C17H26NO2. The molecule has 20 heavy (non-hydrogen) atoms. The lowest BCUT2D eigenvalue weighted by molar-refractivity contribution is 0.187. The molecule has 0 N–H and O–H groups in total. The third-order valence-electron chi connectivity index (χ3n) is 4.28. The standard InChI is InChI=1S/C17H26NO2/c1-4-14-7-10-18(11-8-14)12-9-15-5-6-16(19-2)17(13-15)20-3/h5-6,13-14H,1,4,7-12H2,2-3H3. The molecule has 1 heterocycles. The minimum Gasteiger partial charge on any atom is -0.493 e. The number of rotatable bonds is 6. The summed E-state index contributed by atoms with van der Waals surface area (Å²) in [5.41, 5.74) is 1.31. The fraction of sp³-hybridized carbons (Fsp3) is 0.588. The molecule has 0 aliphatic carbocycles. The van der Waals surface area contributed by atoms with Gasteiger partial charge in [0.1, 0.15) is 0 Å². The summed E-state index contributed by atoms with van der Waals surface area (Å²) in [5.74, 6) is 2.46. The van der Waals surface area contributed by atoms with E-state index in [1.165, 1.54) is 31.5 Å². The molecule has 1 aliphatic rings. The molecule has 1 radical (unpaired) electrons. The van der Waals surface area contributed by atoms with Crippen molar-refractivity contribution in [2.75, 3.05) is 33.9 Å². The lowest BCUT2D eigenvalue weighted by Crippen LogP contribution is -2.34. The van der Waals surface area contributed by atoms with E-state index in [1.54, 1.807) is 14.2 Å². The lowest BCUT2D eigenvalue weighted by atomic mass is 9.94. The van der Waals surface area contributed by atoms with Crippen LogP contribution in [0.5, 0.6) is 11.5 Å². The number of hydrogen-bond donors (Lipinski definition) is 0. The van der Waals surface area contributed by atoms with Gasteiger partial charge in [0.05, 0.1) is 14.2 Å². The predicted molar refractivity (Wildman–Crippen MR) is 82.4 cm³/mol. The quantitative estimate of drug-likeness (QED) is 0.796. The van der Waals surface area contributed by atoms with Crippen LogP contribution in [0.4, 0.5) is 0 Å². The molecule has 2 rings (SSSR count). The van der Waals surface area contributed by atoms with Crippen LogP contribution in [0.3, 0.4) is 0 Å². The Kier molecular flexibility index (Phi) is 5.72. The summed E-state index contributed by atoms with van der Waals surface area (Å²) in [5, 5.41) is 0. The van der Waals surface area contributed by atoms with Crippen molar-refractivity contribution in [3.8, 4) is 11.5 Å². The van der Waals surface area contributed by atoms with Crippen LogP contribution in [0.25, 0.3) is 0 Å². The second kappa shape index (κ2) is 7.53. The highest BCUT2D eigenvalue weighted by Gasteiger charge is 2.17. The Balaban J connectivity index is 1.85. The Labute approximate surface area is 122 Å². The van der Waals surface area contributed by atoms with Gasteiger partial charge < -0.3 is 14.4 Å². The van der Waals surface area contributed by atoms with Crippen LogP contribution < -0.4 is 9.47 Å². The second-order valence-corrected chi connectivity index (χ2v) is 5.51. The number of ether oxygens (including phenoxy) is 2. The lowest BCUT2D eigenvalue weighted by Gasteiger charge is -2.31. The molecule has 1 saturated heterocycles. The van der Waals surface area contributed by atoms with E-state index in [0.29, 0.717) is 0 Å². The van der Waals surface area contributed by atoms with E-state index in [9.17, 15) is 0 Å². The van der Waals surface area contributed by atoms with Gasteiger partial charge in [0.25, 0.3) is 0 Å². The molecule has 3 heteroatoms. The van der Waals surface area contributed by atoms with Gasteiger partial charge >= 0.3 is 0 Å². The third kappa shape index (κ3) is 3.89. The zero-order valence-electron chi connectivity index (χ0n) is 12.7. The van der Waals surface area contributed by atoms with Crippen molar-refractivity contribution in [2.45, 2.75) is 25.7 Å². The highest BCUT2D eigenvalue weighted by atomic mass is 16.5. The molecule has 0 unspecified atom stereocenters. The molecule has 111 valence electrons. The fourth-order valence-corrected chi connectivity index (χ4v) is 2.82. The second-order valence-electron chi connectivity index (χ2n) is 5.51. The summed E-state index contributed by atoms with van der Waals surface area (Å²) in [6.45, 7) is 7.57. The molecule has 0 saturated carbocycles. The van der Waals surface area contributed by atoms with Crippen molar-refractivity contribution < 1.29 is 9.47 Å².